The Balaban J connectivity index is 1.76. The standard InChI is InChI=1S/C14H21BrN2/c1-2-11-6-8-12(9-7-11)10-16-14-5-3-4-13(15)17-14/h3-5,11-12H,2,6-10H2,1H3,(H,16,17). The summed E-state index contributed by atoms with van der Waals surface area (Å²) in [6.45, 7) is 3.38. The number of hydrogen-bond acceptors (Lipinski definition) is 2. The average Bonchev–Trinajstić information content (AvgIpc) is 2.37. The molecule has 3 heteroatoms. The molecule has 1 N–H and O–H groups in total. The quantitative estimate of drug-likeness (QED) is 0.829. The van der Waals surface area contributed by atoms with Crippen LogP contribution < -0.4 is 5.32 Å². The van der Waals surface area contributed by atoms with Gasteiger partial charge in [0, 0.05) is 6.54 Å². The summed E-state index contributed by atoms with van der Waals surface area (Å²) in [5.41, 5.74) is 0. The molecule has 1 aromatic heterocycles. The van der Waals surface area contributed by atoms with E-state index in [-0.39, 0.29) is 0 Å². The Hall–Kier alpha value is -0.570. The summed E-state index contributed by atoms with van der Waals surface area (Å²) in [6, 6.07) is 6.01. The van der Waals surface area contributed by atoms with Gasteiger partial charge in [-0.05, 0) is 52.7 Å². The second kappa shape index (κ2) is 6.39. The maximum atomic E-state index is 4.39. The van der Waals surface area contributed by atoms with Crippen molar-refractivity contribution in [2.24, 2.45) is 11.8 Å². The van der Waals surface area contributed by atoms with Crippen LogP contribution in [0.4, 0.5) is 5.82 Å². The van der Waals surface area contributed by atoms with E-state index in [1.165, 1.54) is 32.1 Å². The Labute approximate surface area is 112 Å². The molecule has 0 bridgehead atoms. The van der Waals surface area contributed by atoms with Gasteiger partial charge in [0.25, 0.3) is 0 Å². The van der Waals surface area contributed by atoms with Crippen LogP contribution in [-0.4, -0.2) is 11.5 Å². The number of halogens is 1. The molecule has 1 fully saturated rings. The number of aromatic nitrogens is 1. The van der Waals surface area contributed by atoms with Crippen molar-refractivity contribution in [3.63, 3.8) is 0 Å². The van der Waals surface area contributed by atoms with Gasteiger partial charge in [0.15, 0.2) is 0 Å². The predicted molar refractivity (Wildman–Crippen MR) is 76.2 cm³/mol. The highest BCUT2D eigenvalue weighted by Crippen LogP contribution is 2.30. The summed E-state index contributed by atoms with van der Waals surface area (Å²) in [5, 5.41) is 3.45. The van der Waals surface area contributed by atoms with Crippen molar-refractivity contribution in [2.45, 2.75) is 39.0 Å². The molecular formula is C14H21BrN2. The van der Waals surface area contributed by atoms with E-state index < -0.39 is 0 Å². The largest absolute Gasteiger partial charge is 0.370 e. The highest BCUT2D eigenvalue weighted by Gasteiger charge is 2.19. The van der Waals surface area contributed by atoms with Gasteiger partial charge < -0.3 is 5.32 Å². The Morgan fingerprint density at radius 3 is 2.59 bits per heavy atom. The monoisotopic (exact) mass is 296 g/mol. The topological polar surface area (TPSA) is 24.9 Å². The number of nitrogens with one attached hydrogen (secondary N) is 1. The van der Waals surface area contributed by atoms with Crippen LogP contribution in [-0.2, 0) is 0 Å². The molecule has 0 radical (unpaired) electrons. The maximum absolute atomic E-state index is 4.39. The zero-order chi connectivity index (χ0) is 12.1. The van der Waals surface area contributed by atoms with E-state index in [1.54, 1.807) is 0 Å². The molecule has 17 heavy (non-hydrogen) atoms. The fraction of sp³-hybridized carbons (Fsp3) is 0.643. The number of rotatable bonds is 4. The highest BCUT2D eigenvalue weighted by molar-refractivity contribution is 9.10. The fourth-order valence-corrected chi connectivity index (χ4v) is 2.94. The summed E-state index contributed by atoms with van der Waals surface area (Å²) < 4.78 is 0.900. The normalized spacial score (nSPS) is 24.6. The molecule has 0 unspecified atom stereocenters. The van der Waals surface area contributed by atoms with Crippen molar-refractivity contribution in [1.82, 2.24) is 4.98 Å². The lowest BCUT2D eigenvalue weighted by atomic mass is 9.81. The van der Waals surface area contributed by atoms with Gasteiger partial charge in [-0.2, -0.15) is 0 Å². The van der Waals surface area contributed by atoms with Gasteiger partial charge in [-0.1, -0.05) is 32.3 Å². The summed E-state index contributed by atoms with van der Waals surface area (Å²) in [7, 11) is 0. The summed E-state index contributed by atoms with van der Waals surface area (Å²) in [5.74, 6) is 2.80. The van der Waals surface area contributed by atoms with Crippen LogP contribution in [0.3, 0.4) is 0 Å². The first-order chi connectivity index (χ1) is 8.28. The van der Waals surface area contributed by atoms with Crippen molar-refractivity contribution in [2.75, 3.05) is 11.9 Å². The lowest BCUT2D eigenvalue weighted by molar-refractivity contribution is 0.278. The Kier molecular flexibility index (Phi) is 4.84. The molecule has 0 spiro atoms. The number of hydrogen-bond donors (Lipinski definition) is 1. The van der Waals surface area contributed by atoms with Gasteiger partial charge in [0.1, 0.15) is 10.4 Å². The van der Waals surface area contributed by atoms with Crippen molar-refractivity contribution >= 4 is 21.7 Å². The average molecular weight is 297 g/mol. The third-order valence-corrected chi connectivity index (χ3v) is 4.27. The summed E-state index contributed by atoms with van der Waals surface area (Å²) >= 11 is 3.39. The minimum Gasteiger partial charge on any atom is -0.370 e. The molecule has 0 aromatic carbocycles. The number of nitrogens with zero attached hydrogens (tertiary/aromatic N) is 1. The zero-order valence-corrected chi connectivity index (χ0v) is 12.0. The van der Waals surface area contributed by atoms with Gasteiger partial charge in [-0.25, -0.2) is 4.98 Å². The van der Waals surface area contributed by atoms with Gasteiger partial charge in [-0.3, -0.25) is 0 Å². The SMILES string of the molecule is CCC1CCC(CNc2cccc(Br)n2)CC1. The van der Waals surface area contributed by atoms with Crippen LogP contribution in [0.1, 0.15) is 39.0 Å². The molecule has 1 aliphatic carbocycles. The lowest BCUT2D eigenvalue weighted by Crippen LogP contribution is -2.21. The van der Waals surface area contributed by atoms with E-state index in [0.29, 0.717) is 0 Å². The summed E-state index contributed by atoms with van der Waals surface area (Å²) in [6.07, 6.45) is 6.93. The molecule has 94 valence electrons. The van der Waals surface area contributed by atoms with E-state index in [0.717, 1.165) is 28.8 Å². The third kappa shape index (κ3) is 3.98. The second-order valence-electron chi connectivity index (χ2n) is 5.02. The molecule has 0 saturated heterocycles. The van der Waals surface area contributed by atoms with Gasteiger partial charge in [0.2, 0.25) is 0 Å². The van der Waals surface area contributed by atoms with Crippen LogP contribution in [0.5, 0.6) is 0 Å². The van der Waals surface area contributed by atoms with Crippen molar-refractivity contribution < 1.29 is 0 Å². The van der Waals surface area contributed by atoms with E-state index in [2.05, 4.69) is 33.2 Å². The van der Waals surface area contributed by atoms with Crippen molar-refractivity contribution in [3.8, 4) is 0 Å². The molecule has 2 rings (SSSR count). The molecule has 0 amide bonds. The molecule has 1 aliphatic rings. The first-order valence-electron chi connectivity index (χ1n) is 6.64. The Morgan fingerprint density at radius 1 is 1.24 bits per heavy atom. The van der Waals surface area contributed by atoms with E-state index in [9.17, 15) is 0 Å². The Morgan fingerprint density at radius 2 is 1.94 bits per heavy atom. The number of anilines is 1. The van der Waals surface area contributed by atoms with Crippen LogP contribution >= 0.6 is 15.9 Å². The smallest absolute Gasteiger partial charge is 0.127 e. The van der Waals surface area contributed by atoms with Gasteiger partial charge in [0.05, 0.1) is 0 Å². The van der Waals surface area contributed by atoms with Crippen molar-refractivity contribution in [3.05, 3.63) is 22.8 Å². The minimum absolute atomic E-state index is 0.832. The summed E-state index contributed by atoms with van der Waals surface area (Å²) in [4.78, 5) is 4.39. The minimum atomic E-state index is 0.832. The zero-order valence-electron chi connectivity index (χ0n) is 10.5. The lowest BCUT2D eigenvalue weighted by Gasteiger charge is -2.27. The molecule has 1 aromatic rings. The van der Waals surface area contributed by atoms with E-state index >= 15 is 0 Å². The van der Waals surface area contributed by atoms with Crippen LogP contribution in [0.2, 0.25) is 0 Å². The van der Waals surface area contributed by atoms with Crippen molar-refractivity contribution in [1.29, 1.82) is 0 Å². The molecule has 0 atom stereocenters. The Bertz CT molecular complexity index is 346. The van der Waals surface area contributed by atoms with E-state index in [1.807, 2.05) is 18.2 Å². The molecule has 2 nitrogen and oxygen atoms in total. The predicted octanol–water partition coefficient (Wildman–Crippen LogP) is 4.47. The number of pyridine rings is 1. The third-order valence-electron chi connectivity index (χ3n) is 3.83. The molecular weight excluding hydrogens is 276 g/mol. The van der Waals surface area contributed by atoms with Crippen LogP contribution in [0.25, 0.3) is 0 Å². The molecule has 1 saturated carbocycles. The second-order valence-corrected chi connectivity index (χ2v) is 5.83. The highest BCUT2D eigenvalue weighted by atomic mass is 79.9. The van der Waals surface area contributed by atoms with Gasteiger partial charge in [-0.15, -0.1) is 0 Å². The molecule has 1 heterocycles. The van der Waals surface area contributed by atoms with E-state index in [4.69, 9.17) is 0 Å². The van der Waals surface area contributed by atoms with Crippen LogP contribution in [0, 0.1) is 11.8 Å². The fourth-order valence-electron chi connectivity index (χ4n) is 2.60. The first-order valence-corrected chi connectivity index (χ1v) is 7.43. The first kappa shape index (κ1) is 12.9. The molecule has 0 aliphatic heterocycles. The van der Waals surface area contributed by atoms with Crippen LogP contribution in [0.15, 0.2) is 22.8 Å². The maximum Gasteiger partial charge on any atom is 0.127 e. The van der Waals surface area contributed by atoms with Gasteiger partial charge >= 0.3 is 0 Å².